The number of halogens is 1. The SMILES string of the molecule is CC(=O)c1cc(F)cc(CN2CCN(C)C(C)C2)c1O. The molecule has 2 rings (SSSR count). The second kappa shape index (κ2) is 5.89. The van der Waals surface area contributed by atoms with Crippen molar-refractivity contribution in [1.82, 2.24) is 9.80 Å². The fourth-order valence-electron chi connectivity index (χ4n) is 2.55. The van der Waals surface area contributed by atoms with Crippen LogP contribution in [0, 0.1) is 5.82 Å². The standard InChI is InChI=1S/C15H21FN2O2/c1-10-8-18(5-4-17(10)3)9-12-6-13(16)7-14(11(2)19)15(12)20/h6-7,10,20H,4-5,8-9H2,1-3H3. The quantitative estimate of drug-likeness (QED) is 0.859. The van der Waals surface area contributed by atoms with Crippen molar-refractivity contribution in [2.75, 3.05) is 26.7 Å². The van der Waals surface area contributed by atoms with Crippen molar-refractivity contribution in [3.63, 3.8) is 0 Å². The third-order valence-corrected chi connectivity index (χ3v) is 3.97. The zero-order valence-corrected chi connectivity index (χ0v) is 12.2. The number of ketones is 1. The summed E-state index contributed by atoms with van der Waals surface area (Å²) in [5.74, 6) is -0.898. The molecule has 0 bridgehead atoms. The molecule has 1 N–H and O–H groups in total. The van der Waals surface area contributed by atoms with Crippen molar-refractivity contribution in [2.45, 2.75) is 26.4 Å². The number of piperazine rings is 1. The Labute approximate surface area is 118 Å². The number of hydrogen-bond donors (Lipinski definition) is 1. The molecular weight excluding hydrogens is 259 g/mol. The summed E-state index contributed by atoms with van der Waals surface area (Å²) in [5.41, 5.74) is 0.536. The summed E-state index contributed by atoms with van der Waals surface area (Å²) >= 11 is 0. The van der Waals surface area contributed by atoms with E-state index in [9.17, 15) is 14.3 Å². The van der Waals surface area contributed by atoms with Crippen LogP contribution in [0.2, 0.25) is 0 Å². The van der Waals surface area contributed by atoms with Crippen molar-refractivity contribution >= 4 is 5.78 Å². The minimum absolute atomic E-state index is 0.0576. The van der Waals surface area contributed by atoms with E-state index in [2.05, 4.69) is 23.8 Å². The maximum Gasteiger partial charge on any atom is 0.163 e. The molecule has 1 aromatic rings. The maximum atomic E-state index is 13.6. The van der Waals surface area contributed by atoms with E-state index in [1.807, 2.05) is 0 Å². The zero-order chi connectivity index (χ0) is 14.9. The van der Waals surface area contributed by atoms with E-state index in [1.54, 1.807) is 0 Å². The fraction of sp³-hybridized carbons (Fsp3) is 0.533. The minimum Gasteiger partial charge on any atom is -0.507 e. The van der Waals surface area contributed by atoms with Crippen LogP contribution in [-0.2, 0) is 6.54 Å². The number of carbonyl (C=O) groups is 1. The Balaban J connectivity index is 2.19. The summed E-state index contributed by atoms with van der Waals surface area (Å²) in [6, 6.07) is 2.82. The van der Waals surface area contributed by atoms with Gasteiger partial charge in [-0.3, -0.25) is 9.69 Å². The zero-order valence-electron chi connectivity index (χ0n) is 12.2. The smallest absolute Gasteiger partial charge is 0.163 e. The Morgan fingerprint density at radius 1 is 1.45 bits per heavy atom. The van der Waals surface area contributed by atoms with Gasteiger partial charge < -0.3 is 10.0 Å². The monoisotopic (exact) mass is 280 g/mol. The Morgan fingerprint density at radius 3 is 2.75 bits per heavy atom. The van der Waals surface area contributed by atoms with Crippen LogP contribution in [0.3, 0.4) is 0 Å². The molecule has 1 aliphatic rings. The molecule has 1 saturated heterocycles. The number of rotatable bonds is 3. The van der Waals surface area contributed by atoms with Crippen LogP contribution in [0.1, 0.15) is 29.8 Å². The lowest BCUT2D eigenvalue weighted by Crippen LogP contribution is -2.49. The Bertz CT molecular complexity index is 519. The molecule has 1 aromatic carbocycles. The lowest BCUT2D eigenvalue weighted by atomic mass is 10.0. The fourth-order valence-corrected chi connectivity index (χ4v) is 2.55. The predicted octanol–water partition coefficient (Wildman–Crippen LogP) is 1.87. The molecule has 1 heterocycles. The van der Waals surface area contributed by atoms with Gasteiger partial charge in [-0.05, 0) is 33.0 Å². The molecule has 110 valence electrons. The molecule has 0 aromatic heterocycles. The first-order valence-corrected chi connectivity index (χ1v) is 6.83. The second-order valence-corrected chi connectivity index (χ2v) is 5.58. The average molecular weight is 280 g/mol. The topological polar surface area (TPSA) is 43.8 Å². The van der Waals surface area contributed by atoms with E-state index in [-0.39, 0.29) is 17.1 Å². The molecule has 1 aliphatic heterocycles. The Kier molecular flexibility index (Phi) is 4.40. The van der Waals surface area contributed by atoms with Crippen LogP contribution < -0.4 is 0 Å². The summed E-state index contributed by atoms with van der Waals surface area (Å²) in [6.45, 7) is 6.60. The van der Waals surface area contributed by atoms with Gasteiger partial charge in [0.05, 0.1) is 5.56 Å². The van der Waals surface area contributed by atoms with E-state index < -0.39 is 5.82 Å². The summed E-state index contributed by atoms with van der Waals surface area (Å²) in [4.78, 5) is 15.8. The van der Waals surface area contributed by atoms with Gasteiger partial charge in [0.1, 0.15) is 11.6 Å². The third kappa shape index (κ3) is 3.16. The van der Waals surface area contributed by atoms with Crippen LogP contribution in [0.5, 0.6) is 5.75 Å². The number of phenolic OH excluding ortho intramolecular Hbond substituents is 1. The minimum atomic E-state index is -0.481. The van der Waals surface area contributed by atoms with Gasteiger partial charge in [-0.1, -0.05) is 0 Å². The molecule has 1 fully saturated rings. The molecule has 1 atom stereocenters. The van der Waals surface area contributed by atoms with Crippen LogP contribution in [0.25, 0.3) is 0 Å². The molecule has 0 amide bonds. The number of nitrogens with zero attached hydrogens (tertiary/aromatic N) is 2. The molecule has 0 radical (unpaired) electrons. The number of phenols is 1. The van der Waals surface area contributed by atoms with Crippen molar-refractivity contribution in [3.05, 3.63) is 29.1 Å². The van der Waals surface area contributed by atoms with Gasteiger partial charge in [0, 0.05) is 37.8 Å². The van der Waals surface area contributed by atoms with E-state index in [0.29, 0.717) is 18.2 Å². The van der Waals surface area contributed by atoms with Crippen LogP contribution in [-0.4, -0.2) is 53.4 Å². The van der Waals surface area contributed by atoms with Gasteiger partial charge in [0.25, 0.3) is 0 Å². The number of aromatic hydroxyl groups is 1. The van der Waals surface area contributed by atoms with Crippen LogP contribution in [0.4, 0.5) is 4.39 Å². The van der Waals surface area contributed by atoms with Gasteiger partial charge in [-0.2, -0.15) is 0 Å². The summed E-state index contributed by atoms with van der Waals surface area (Å²) in [5, 5.41) is 10.1. The molecule has 4 nitrogen and oxygen atoms in total. The number of likely N-dealkylation sites (N-methyl/N-ethyl adjacent to an activating group) is 1. The third-order valence-electron chi connectivity index (χ3n) is 3.97. The van der Waals surface area contributed by atoms with E-state index in [1.165, 1.54) is 13.0 Å². The van der Waals surface area contributed by atoms with Crippen molar-refractivity contribution in [3.8, 4) is 5.75 Å². The number of hydrogen-bond acceptors (Lipinski definition) is 4. The van der Waals surface area contributed by atoms with Crippen LogP contribution >= 0.6 is 0 Å². The van der Waals surface area contributed by atoms with Gasteiger partial charge in [-0.25, -0.2) is 4.39 Å². The van der Waals surface area contributed by atoms with Crippen molar-refractivity contribution in [1.29, 1.82) is 0 Å². The first-order chi connectivity index (χ1) is 9.38. The molecule has 0 saturated carbocycles. The highest BCUT2D eigenvalue weighted by molar-refractivity contribution is 5.97. The molecule has 0 aliphatic carbocycles. The highest BCUT2D eigenvalue weighted by atomic mass is 19.1. The average Bonchev–Trinajstić information content (AvgIpc) is 2.37. The van der Waals surface area contributed by atoms with Gasteiger partial charge in [-0.15, -0.1) is 0 Å². The molecule has 1 unspecified atom stereocenters. The van der Waals surface area contributed by atoms with Gasteiger partial charge >= 0.3 is 0 Å². The van der Waals surface area contributed by atoms with Gasteiger partial charge in [0.15, 0.2) is 5.78 Å². The molecule has 0 spiro atoms. The molecule has 5 heteroatoms. The highest BCUT2D eigenvalue weighted by Gasteiger charge is 2.22. The predicted molar refractivity (Wildman–Crippen MR) is 75.4 cm³/mol. The normalized spacial score (nSPS) is 21.1. The molecular formula is C15H21FN2O2. The number of benzene rings is 1. The second-order valence-electron chi connectivity index (χ2n) is 5.58. The van der Waals surface area contributed by atoms with Crippen LogP contribution in [0.15, 0.2) is 12.1 Å². The Hall–Kier alpha value is -1.46. The van der Waals surface area contributed by atoms with E-state index in [0.717, 1.165) is 25.7 Å². The largest absolute Gasteiger partial charge is 0.507 e. The number of Topliss-reactive ketones (excluding diaryl/α,β-unsaturated/α-hetero) is 1. The maximum absolute atomic E-state index is 13.6. The summed E-state index contributed by atoms with van der Waals surface area (Å²) in [7, 11) is 2.08. The van der Waals surface area contributed by atoms with Crippen molar-refractivity contribution in [2.24, 2.45) is 0 Å². The van der Waals surface area contributed by atoms with Crippen molar-refractivity contribution < 1.29 is 14.3 Å². The van der Waals surface area contributed by atoms with E-state index >= 15 is 0 Å². The van der Waals surface area contributed by atoms with E-state index in [4.69, 9.17) is 0 Å². The lowest BCUT2D eigenvalue weighted by Gasteiger charge is -2.37. The highest BCUT2D eigenvalue weighted by Crippen LogP contribution is 2.26. The summed E-state index contributed by atoms with van der Waals surface area (Å²) in [6.07, 6.45) is 0. The summed E-state index contributed by atoms with van der Waals surface area (Å²) < 4.78 is 13.6. The van der Waals surface area contributed by atoms with Gasteiger partial charge in [0.2, 0.25) is 0 Å². The number of carbonyl (C=O) groups excluding carboxylic acids is 1. The first-order valence-electron chi connectivity index (χ1n) is 6.83. The molecule has 20 heavy (non-hydrogen) atoms. The Morgan fingerprint density at radius 2 is 2.15 bits per heavy atom. The first kappa shape index (κ1) is 14.9. The lowest BCUT2D eigenvalue weighted by molar-refractivity contribution is 0.0984.